The predicted octanol–water partition coefficient (Wildman–Crippen LogP) is 1.15. The van der Waals surface area contributed by atoms with Crippen molar-refractivity contribution >= 4 is 11.9 Å². The van der Waals surface area contributed by atoms with Crippen LogP contribution in [0.3, 0.4) is 0 Å². The highest BCUT2D eigenvalue weighted by atomic mass is 19.3. The number of nitrogens with one attached hydrogen (secondary N) is 1. The molecule has 0 fully saturated rings. The molecule has 0 radical (unpaired) electrons. The molecule has 0 aliphatic rings. The monoisotopic (exact) mass is 257 g/mol. The number of hydrogen-bond acceptors (Lipinski definition) is 3. The zero-order valence-electron chi connectivity index (χ0n) is 9.73. The first kappa shape index (κ1) is 14.1. The Labute approximate surface area is 103 Å². The number of esters is 1. The van der Waals surface area contributed by atoms with Gasteiger partial charge < -0.3 is 10.1 Å². The lowest BCUT2D eigenvalue weighted by molar-refractivity contribution is -0.146. The van der Waals surface area contributed by atoms with Gasteiger partial charge in [-0.2, -0.15) is 8.78 Å². The Morgan fingerprint density at radius 2 is 1.89 bits per heavy atom. The molecule has 0 aliphatic heterocycles. The number of benzene rings is 1. The van der Waals surface area contributed by atoms with Crippen LogP contribution < -0.4 is 5.32 Å². The summed E-state index contributed by atoms with van der Waals surface area (Å²) in [6.07, 6.45) is -3.06. The highest BCUT2D eigenvalue weighted by Crippen LogP contribution is 2.05. The average Bonchev–Trinajstić information content (AvgIpc) is 2.38. The van der Waals surface area contributed by atoms with Crippen molar-refractivity contribution in [3.05, 3.63) is 35.9 Å². The maximum Gasteiger partial charge on any atom is 0.328 e. The molecule has 0 saturated carbocycles. The Hall–Kier alpha value is -1.98. The molecule has 6 heteroatoms. The van der Waals surface area contributed by atoms with Gasteiger partial charge >= 0.3 is 12.4 Å². The normalized spacial score (nSPS) is 12.0. The summed E-state index contributed by atoms with van der Waals surface area (Å²) in [4.78, 5) is 22.3. The van der Waals surface area contributed by atoms with Crippen molar-refractivity contribution in [3.8, 4) is 0 Å². The topological polar surface area (TPSA) is 55.4 Å². The Kier molecular flexibility index (Phi) is 5.23. The molecule has 1 N–H and O–H groups in total. The Morgan fingerprint density at radius 3 is 2.39 bits per heavy atom. The second-order valence-corrected chi connectivity index (χ2v) is 3.57. The lowest BCUT2D eigenvalue weighted by atomic mass is 10.1. The van der Waals surface area contributed by atoms with E-state index in [0.717, 1.165) is 12.7 Å². The molecule has 1 unspecified atom stereocenters. The van der Waals surface area contributed by atoms with Gasteiger partial charge in [0.1, 0.15) is 6.04 Å². The molecular weight excluding hydrogens is 244 g/mol. The molecular formula is C12H13F2NO3. The van der Waals surface area contributed by atoms with Crippen molar-refractivity contribution in [1.29, 1.82) is 0 Å². The zero-order chi connectivity index (χ0) is 13.5. The lowest BCUT2D eigenvalue weighted by Gasteiger charge is -2.16. The Balaban J connectivity index is 2.73. The summed E-state index contributed by atoms with van der Waals surface area (Å²) in [7, 11) is 1.13. The highest BCUT2D eigenvalue weighted by Gasteiger charge is 2.25. The first-order valence-electron chi connectivity index (χ1n) is 5.25. The summed E-state index contributed by atoms with van der Waals surface area (Å²) in [6.45, 7) is 0. The van der Waals surface area contributed by atoms with Gasteiger partial charge in [0.2, 0.25) is 0 Å². The fourth-order valence-electron chi connectivity index (χ4n) is 1.42. The van der Waals surface area contributed by atoms with Crippen LogP contribution in [0.2, 0.25) is 0 Å². The fraction of sp³-hybridized carbons (Fsp3) is 0.333. The van der Waals surface area contributed by atoms with Gasteiger partial charge in [0.25, 0.3) is 5.91 Å². The molecule has 98 valence electrons. The number of hydrogen-bond donors (Lipinski definition) is 1. The molecule has 0 spiro atoms. The number of rotatable bonds is 5. The molecule has 1 amide bonds. The van der Waals surface area contributed by atoms with E-state index in [2.05, 4.69) is 4.74 Å². The van der Waals surface area contributed by atoms with E-state index in [9.17, 15) is 18.4 Å². The number of carbonyl (C=O) groups excluding carboxylic acids is 2. The van der Waals surface area contributed by atoms with E-state index in [-0.39, 0.29) is 6.42 Å². The standard InChI is InChI=1S/C12H13F2NO3/c1-18-12(17)9(15-11(16)10(13)14)7-8-5-3-2-4-6-8/h2-6,9-10H,7H2,1H3,(H,15,16). The third kappa shape index (κ3) is 4.12. The molecule has 0 aliphatic carbocycles. The van der Waals surface area contributed by atoms with Crippen LogP contribution in [0.5, 0.6) is 0 Å². The quantitative estimate of drug-likeness (QED) is 0.805. The summed E-state index contributed by atoms with van der Waals surface area (Å²) in [6, 6.07) is 7.62. The van der Waals surface area contributed by atoms with E-state index in [1.807, 2.05) is 5.32 Å². The Bertz CT molecular complexity index is 409. The van der Waals surface area contributed by atoms with Gasteiger partial charge in [-0.25, -0.2) is 4.79 Å². The number of amides is 1. The minimum Gasteiger partial charge on any atom is -0.467 e. The number of ether oxygens (including phenoxy) is 1. The minimum atomic E-state index is -3.16. The molecule has 0 aromatic heterocycles. The summed E-state index contributed by atoms with van der Waals surface area (Å²) >= 11 is 0. The highest BCUT2D eigenvalue weighted by molar-refractivity contribution is 5.86. The van der Waals surface area contributed by atoms with Gasteiger partial charge in [0.05, 0.1) is 7.11 Å². The molecule has 0 heterocycles. The van der Waals surface area contributed by atoms with Crippen LogP contribution in [0.4, 0.5) is 8.78 Å². The van der Waals surface area contributed by atoms with E-state index in [0.29, 0.717) is 0 Å². The second kappa shape index (κ2) is 6.68. The SMILES string of the molecule is COC(=O)C(Cc1ccccc1)NC(=O)C(F)F. The van der Waals surface area contributed by atoms with Gasteiger partial charge in [0.15, 0.2) is 0 Å². The summed E-state index contributed by atoms with van der Waals surface area (Å²) in [5, 5.41) is 1.95. The zero-order valence-corrected chi connectivity index (χ0v) is 9.73. The maximum absolute atomic E-state index is 12.1. The largest absolute Gasteiger partial charge is 0.467 e. The third-order valence-corrected chi connectivity index (χ3v) is 2.28. The van der Waals surface area contributed by atoms with E-state index < -0.39 is 24.3 Å². The minimum absolute atomic E-state index is 0.103. The van der Waals surface area contributed by atoms with E-state index in [4.69, 9.17) is 0 Å². The molecule has 1 aromatic rings. The van der Waals surface area contributed by atoms with Gasteiger partial charge in [-0.15, -0.1) is 0 Å². The van der Waals surface area contributed by atoms with Crippen molar-refractivity contribution in [2.24, 2.45) is 0 Å². The van der Waals surface area contributed by atoms with Crippen LogP contribution in [0, 0.1) is 0 Å². The van der Waals surface area contributed by atoms with Crippen LogP contribution in [0.1, 0.15) is 5.56 Å². The molecule has 4 nitrogen and oxygen atoms in total. The van der Waals surface area contributed by atoms with E-state index >= 15 is 0 Å². The average molecular weight is 257 g/mol. The number of carbonyl (C=O) groups is 2. The van der Waals surface area contributed by atoms with Crippen LogP contribution >= 0.6 is 0 Å². The van der Waals surface area contributed by atoms with Crippen LogP contribution in [-0.4, -0.2) is 31.5 Å². The van der Waals surface area contributed by atoms with Gasteiger partial charge in [-0.05, 0) is 5.56 Å². The second-order valence-electron chi connectivity index (χ2n) is 3.57. The summed E-state index contributed by atoms with van der Waals surface area (Å²) in [5.74, 6) is -2.24. The molecule has 18 heavy (non-hydrogen) atoms. The van der Waals surface area contributed by atoms with Crippen LogP contribution in [-0.2, 0) is 20.7 Å². The predicted molar refractivity (Wildman–Crippen MR) is 60.1 cm³/mol. The fourth-order valence-corrected chi connectivity index (χ4v) is 1.42. The Morgan fingerprint density at radius 1 is 1.28 bits per heavy atom. The van der Waals surface area contributed by atoms with Gasteiger partial charge in [-0.1, -0.05) is 30.3 Å². The van der Waals surface area contributed by atoms with E-state index in [1.54, 1.807) is 30.3 Å². The number of alkyl halides is 2. The smallest absolute Gasteiger partial charge is 0.328 e. The van der Waals surface area contributed by atoms with E-state index in [1.165, 1.54) is 0 Å². The first-order chi connectivity index (χ1) is 8.54. The summed E-state index contributed by atoms with van der Waals surface area (Å²) < 4.78 is 28.7. The molecule has 1 atom stereocenters. The van der Waals surface area contributed by atoms with Crippen molar-refractivity contribution in [2.75, 3.05) is 7.11 Å². The number of methoxy groups -OCH3 is 1. The summed E-state index contributed by atoms with van der Waals surface area (Å²) in [5.41, 5.74) is 0.738. The van der Waals surface area contributed by atoms with Gasteiger partial charge in [-0.3, -0.25) is 4.79 Å². The molecule has 0 bridgehead atoms. The van der Waals surface area contributed by atoms with Crippen molar-refractivity contribution in [2.45, 2.75) is 18.9 Å². The van der Waals surface area contributed by atoms with Crippen molar-refractivity contribution < 1.29 is 23.1 Å². The first-order valence-corrected chi connectivity index (χ1v) is 5.25. The van der Waals surface area contributed by atoms with Crippen molar-refractivity contribution in [1.82, 2.24) is 5.32 Å². The van der Waals surface area contributed by atoms with Crippen molar-refractivity contribution in [3.63, 3.8) is 0 Å². The third-order valence-electron chi connectivity index (χ3n) is 2.28. The lowest BCUT2D eigenvalue weighted by Crippen LogP contribution is -2.45. The molecule has 1 aromatic carbocycles. The van der Waals surface area contributed by atoms with Crippen LogP contribution in [0.15, 0.2) is 30.3 Å². The van der Waals surface area contributed by atoms with Gasteiger partial charge in [0, 0.05) is 6.42 Å². The maximum atomic E-state index is 12.1. The number of halogens is 2. The molecule has 0 saturated heterocycles. The van der Waals surface area contributed by atoms with Crippen LogP contribution in [0.25, 0.3) is 0 Å². The molecule has 1 rings (SSSR count).